The molecule has 152 valence electrons. The molecule has 1 saturated carbocycles. The van der Waals surface area contributed by atoms with Crippen LogP contribution in [0.2, 0.25) is 0 Å². The Bertz CT molecular complexity index is 807. The van der Waals surface area contributed by atoms with E-state index in [4.69, 9.17) is 19.9 Å². The van der Waals surface area contributed by atoms with Crippen molar-refractivity contribution in [3.63, 3.8) is 0 Å². The number of carbonyl (C=O) groups is 1. The van der Waals surface area contributed by atoms with Gasteiger partial charge >= 0.3 is 0 Å². The number of nitrogens with two attached hydrogens (primary N) is 1. The van der Waals surface area contributed by atoms with Crippen molar-refractivity contribution in [3.05, 3.63) is 47.5 Å². The summed E-state index contributed by atoms with van der Waals surface area (Å²) in [5.74, 6) is 2.17. The van der Waals surface area contributed by atoms with Crippen LogP contribution in [0.25, 0.3) is 0 Å². The van der Waals surface area contributed by atoms with Gasteiger partial charge in [0, 0.05) is 29.8 Å². The Morgan fingerprint density at radius 1 is 1.04 bits per heavy atom. The van der Waals surface area contributed by atoms with Gasteiger partial charge in [0.2, 0.25) is 0 Å². The summed E-state index contributed by atoms with van der Waals surface area (Å²) in [6.07, 6.45) is 4.42. The number of amides is 1. The highest BCUT2D eigenvalue weighted by molar-refractivity contribution is 5.95. The molecule has 0 atom stereocenters. The molecule has 0 radical (unpaired) electrons. The van der Waals surface area contributed by atoms with Crippen molar-refractivity contribution in [1.29, 1.82) is 0 Å². The number of benzene rings is 2. The van der Waals surface area contributed by atoms with Gasteiger partial charge in [0.05, 0.1) is 14.2 Å². The SMILES string of the molecule is COc1cc(Oc2cc(C(=O)NC3CCCC3)ccc2OC)ccc1CN.Cl. The standard InChI is InChI=1S/C21H26N2O4.ClH/c1-25-18-10-8-14(21(24)23-16-5-3-4-6-16)11-20(18)27-17-9-7-15(13-22)19(12-17)26-2;/h7-12,16H,3-6,13,22H2,1-2H3,(H,23,24);1H. The van der Waals surface area contributed by atoms with Gasteiger partial charge in [-0.25, -0.2) is 0 Å². The van der Waals surface area contributed by atoms with Crippen LogP contribution >= 0.6 is 12.4 Å². The fourth-order valence-electron chi connectivity index (χ4n) is 3.32. The van der Waals surface area contributed by atoms with Crippen molar-refractivity contribution in [2.24, 2.45) is 5.73 Å². The molecule has 28 heavy (non-hydrogen) atoms. The maximum atomic E-state index is 12.5. The summed E-state index contributed by atoms with van der Waals surface area (Å²) >= 11 is 0. The third-order valence-electron chi connectivity index (χ3n) is 4.82. The van der Waals surface area contributed by atoms with Crippen LogP contribution in [0.3, 0.4) is 0 Å². The second-order valence-electron chi connectivity index (χ2n) is 6.60. The molecule has 7 heteroatoms. The Morgan fingerprint density at radius 2 is 1.75 bits per heavy atom. The first-order valence-electron chi connectivity index (χ1n) is 9.18. The van der Waals surface area contributed by atoms with Crippen molar-refractivity contribution in [1.82, 2.24) is 5.32 Å². The van der Waals surface area contributed by atoms with E-state index in [2.05, 4.69) is 5.32 Å². The topological polar surface area (TPSA) is 82.8 Å². The molecule has 3 N–H and O–H groups in total. The van der Waals surface area contributed by atoms with Crippen LogP contribution in [-0.4, -0.2) is 26.2 Å². The summed E-state index contributed by atoms with van der Waals surface area (Å²) < 4.78 is 16.7. The molecule has 0 bridgehead atoms. The Labute approximate surface area is 171 Å². The summed E-state index contributed by atoms with van der Waals surface area (Å²) in [5, 5.41) is 3.09. The van der Waals surface area contributed by atoms with Gasteiger partial charge < -0.3 is 25.3 Å². The Kier molecular flexibility index (Phi) is 7.96. The number of ether oxygens (including phenoxy) is 3. The second-order valence-corrected chi connectivity index (χ2v) is 6.60. The fourth-order valence-corrected chi connectivity index (χ4v) is 3.32. The minimum Gasteiger partial charge on any atom is -0.496 e. The predicted octanol–water partition coefficient (Wildman–Crippen LogP) is 4.05. The summed E-state index contributed by atoms with van der Waals surface area (Å²) in [5.41, 5.74) is 7.14. The third kappa shape index (κ3) is 5.09. The molecule has 6 nitrogen and oxygen atoms in total. The molecule has 2 aromatic carbocycles. The number of carbonyl (C=O) groups excluding carboxylic acids is 1. The molecule has 1 fully saturated rings. The number of nitrogens with one attached hydrogen (secondary N) is 1. The lowest BCUT2D eigenvalue weighted by molar-refractivity contribution is 0.0937. The second kappa shape index (κ2) is 10.2. The Balaban J connectivity index is 0.00000280. The van der Waals surface area contributed by atoms with Gasteiger partial charge in [-0.05, 0) is 37.1 Å². The van der Waals surface area contributed by atoms with Crippen molar-refractivity contribution >= 4 is 18.3 Å². The Hall–Kier alpha value is -2.44. The molecule has 0 aromatic heterocycles. The highest BCUT2D eigenvalue weighted by Crippen LogP contribution is 2.34. The quantitative estimate of drug-likeness (QED) is 0.724. The lowest BCUT2D eigenvalue weighted by Crippen LogP contribution is -2.32. The van der Waals surface area contributed by atoms with E-state index in [9.17, 15) is 4.79 Å². The third-order valence-corrected chi connectivity index (χ3v) is 4.82. The maximum absolute atomic E-state index is 12.5. The highest BCUT2D eigenvalue weighted by Gasteiger charge is 2.19. The summed E-state index contributed by atoms with van der Waals surface area (Å²) in [6, 6.07) is 10.9. The number of halogens is 1. The molecule has 1 aliphatic rings. The van der Waals surface area contributed by atoms with E-state index in [1.807, 2.05) is 12.1 Å². The maximum Gasteiger partial charge on any atom is 0.251 e. The van der Waals surface area contributed by atoms with Gasteiger partial charge in [0.15, 0.2) is 11.5 Å². The largest absolute Gasteiger partial charge is 0.496 e. The molecule has 0 aliphatic heterocycles. The summed E-state index contributed by atoms with van der Waals surface area (Å²) in [6.45, 7) is 0.379. The monoisotopic (exact) mass is 406 g/mol. The lowest BCUT2D eigenvalue weighted by atomic mass is 10.1. The van der Waals surface area contributed by atoms with Gasteiger partial charge in [-0.15, -0.1) is 12.4 Å². The van der Waals surface area contributed by atoms with E-state index in [-0.39, 0.29) is 24.4 Å². The normalized spacial score (nSPS) is 13.5. The smallest absolute Gasteiger partial charge is 0.251 e. The van der Waals surface area contributed by atoms with E-state index < -0.39 is 0 Å². The summed E-state index contributed by atoms with van der Waals surface area (Å²) in [7, 11) is 3.16. The molecular formula is C21H27ClN2O4. The van der Waals surface area contributed by atoms with Crippen LogP contribution in [0.1, 0.15) is 41.6 Å². The number of methoxy groups -OCH3 is 2. The molecule has 0 heterocycles. The number of rotatable bonds is 7. The minimum absolute atomic E-state index is 0. The highest BCUT2D eigenvalue weighted by atomic mass is 35.5. The number of hydrogen-bond acceptors (Lipinski definition) is 5. The van der Waals surface area contributed by atoms with E-state index >= 15 is 0 Å². The molecule has 0 saturated heterocycles. The van der Waals surface area contributed by atoms with Crippen molar-refractivity contribution in [2.45, 2.75) is 38.3 Å². The molecular weight excluding hydrogens is 380 g/mol. The van der Waals surface area contributed by atoms with Crippen LogP contribution < -0.4 is 25.3 Å². The van der Waals surface area contributed by atoms with Crippen LogP contribution in [0.15, 0.2) is 36.4 Å². The first-order valence-corrected chi connectivity index (χ1v) is 9.18. The average Bonchev–Trinajstić information content (AvgIpc) is 3.20. The minimum atomic E-state index is -0.0922. The zero-order valence-corrected chi connectivity index (χ0v) is 17.0. The lowest BCUT2D eigenvalue weighted by Gasteiger charge is -2.15. The predicted molar refractivity (Wildman–Crippen MR) is 111 cm³/mol. The van der Waals surface area contributed by atoms with Gasteiger partial charge in [0.25, 0.3) is 5.91 Å². The van der Waals surface area contributed by atoms with E-state index in [0.717, 1.165) is 18.4 Å². The van der Waals surface area contributed by atoms with Gasteiger partial charge in [0.1, 0.15) is 11.5 Å². The van der Waals surface area contributed by atoms with E-state index in [0.29, 0.717) is 35.1 Å². The molecule has 0 spiro atoms. The van der Waals surface area contributed by atoms with Gasteiger partial charge in [-0.3, -0.25) is 4.79 Å². The summed E-state index contributed by atoms with van der Waals surface area (Å²) in [4.78, 5) is 12.5. The molecule has 2 aromatic rings. The van der Waals surface area contributed by atoms with Crippen LogP contribution in [-0.2, 0) is 6.54 Å². The molecule has 1 amide bonds. The van der Waals surface area contributed by atoms with Gasteiger partial charge in [-0.1, -0.05) is 18.9 Å². The zero-order valence-electron chi connectivity index (χ0n) is 16.2. The van der Waals surface area contributed by atoms with Crippen molar-refractivity contribution < 1.29 is 19.0 Å². The first kappa shape index (κ1) is 21.9. The van der Waals surface area contributed by atoms with E-state index in [1.165, 1.54) is 12.8 Å². The van der Waals surface area contributed by atoms with Crippen LogP contribution in [0.4, 0.5) is 0 Å². The van der Waals surface area contributed by atoms with Crippen LogP contribution in [0, 0.1) is 0 Å². The van der Waals surface area contributed by atoms with Gasteiger partial charge in [-0.2, -0.15) is 0 Å². The van der Waals surface area contributed by atoms with Crippen molar-refractivity contribution in [3.8, 4) is 23.0 Å². The number of hydrogen-bond donors (Lipinski definition) is 2. The molecule has 3 rings (SSSR count). The Morgan fingerprint density at radius 3 is 2.39 bits per heavy atom. The average molecular weight is 407 g/mol. The van der Waals surface area contributed by atoms with Crippen LogP contribution in [0.5, 0.6) is 23.0 Å². The first-order chi connectivity index (χ1) is 13.1. The zero-order chi connectivity index (χ0) is 19.2. The molecule has 1 aliphatic carbocycles. The fraction of sp³-hybridized carbons (Fsp3) is 0.381. The van der Waals surface area contributed by atoms with E-state index in [1.54, 1.807) is 38.5 Å². The van der Waals surface area contributed by atoms with Crippen molar-refractivity contribution in [2.75, 3.05) is 14.2 Å². The molecule has 0 unspecified atom stereocenters.